The van der Waals surface area contributed by atoms with E-state index in [-0.39, 0.29) is 11.7 Å². The van der Waals surface area contributed by atoms with Gasteiger partial charge in [-0.1, -0.05) is 25.2 Å². The standard InChI is InChI=1S/C25H32FN3OS2/c1-5-28(6-2)13-14-29(25-27-22-16-18(3)19(4)17-23(22)32-25)24(30)8-7-15-31-21-11-9-20(26)10-12-21/h9-12,16-17H,5-8,13-15H2,1-4H3. The second-order valence-corrected chi connectivity index (χ2v) is 10.1. The molecule has 0 bridgehead atoms. The van der Waals surface area contributed by atoms with Crippen molar-refractivity contribution in [2.24, 2.45) is 0 Å². The Hall–Kier alpha value is -1.96. The van der Waals surface area contributed by atoms with Gasteiger partial charge < -0.3 is 4.90 Å². The van der Waals surface area contributed by atoms with Gasteiger partial charge in [-0.2, -0.15) is 0 Å². The number of thioether (sulfide) groups is 1. The first-order valence-electron chi connectivity index (χ1n) is 11.2. The molecule has 0 aliphatic heterocycles. The average Bonchev–Trinajstić information content (AvgIpc) is 3.18. The van der Waals surface area contributed by atoms with Gasteiger partial charge in [0.1, 0.15) is 5.82 Å². The van der Waals surface area contributed by atoms with Gasteiger partial charge in [-0.3, -0.25) is 9.69 Å². The van der Waals surface area contributed by atoms with E-state index in [1.807, 2.05) is 4.90 Å². The van der Waals surface area contributed by atoms with Gasteiger partial charge in [-0.05, 0) is 86.6 Å². The predicted molar refractivity (Wildman–Crippen MR) is 136 cm³/mol. The minimum atomic E-state index is -0.227. The molecule has 0 saturated heterocycles. The number of aryl methyl sites for hydroxylation is 2. The Balaban J connectivity index is 1.68. The van der Waals surface area contributed by atoms with E-state index in [0.717, 1.165) is 52.1 Å². The van der Waals surface area contributed by atoms with Crippen molar-refractivity contribution in [3.05, 3.63) is 53.3 Å². The van der Waals surface area contributed by atoms with Crippen molar-refractivity contribution < 1.29 is 9.18 Å². The van der Waals surface area contributed by atoms with Crippen LogP contribution in [0.25, 0.3) is 10.2 Å². The zero-order valence-electron chi connectivity index (χ0n) is 19.4. The Kier molecular flexibility index (Phi) is 9.08. The number of amides is 1. The largest absolute Gasteiger partial charge is 0.302 e. The monoisotopic (exact) mass is 473 g/mol. The van der Waals surface area contributed by atoms with Gasteiger partial charge in [0.2, 0.25) is 5.91 Å². The van der Waals surface area contributed by atoms with E-state index in [1.54, 1.807) is 35.2 Å². The molecule has 0 radical (unpaired) electrons. The molecule has 1 aromatic heterocycles. The maximum Gasteiger partial charge on any atom is 0.228 e. The molecule has 0 aliphatic rings. The minimum absolute atomic E-state index is 0.115. The quantitative estimate of drug-likeness (QED) is 0.242. The molecule has 3 aromatic rings. The van der Waals surface area contributed by atoms with Crippen LogP contribution in [0.1, 0.15) is 37.8 Å². The Morgan fingerprint density at radius 1 is 1.06 bits per heavy atom. The summed E-state index contributed by atoms with van der Waals surface area (Å²) in [6.45, 7) is 11.9. The van der Waals surface area contributed by atoms with Crippen molar-refractivity contribution in [2.45, 2.75) is 45.4 Å². The molecule has 172 valence electrons. The third-order valence-corrected chi connectivity index (χ3v) is 7.82. The number of carbonyl (C=O) groups is 1. The predicted octanol–water partition coefficient (Wildman–Crippen LogP) is 6.30. The lowest BCUT2D eigenvalue weighted by Crippen LogP contribution is -2.38. The summed E-state index contributed by atoms with van der Waals surface area (Å²) in [6.07, 6.45) is 1.24. The van der Waals surface area contributed by atoms with Crippen molar-refractivity contribution >= 4 is 44.4 Å². The van der Waals surface area contributed by atoms with Crippen molar-refractivity contribution in [2.75, 3.05) is 36.8 Å². The highest BCUT2D eigenvalue weighted by atomic mass is 32.2. The first-order chi connectivity index (χ1) is 15.4. The molecule has 2 aromatic carbocycles. The average molecular weight is 474 g/mol. The molecule has 7 heteroatoms. The van der Waals surface area contributed by atoms with Crippen molar-refractivity contribution in [3.63, 3.8) is 0 Å². The Bertz CT molecular complexity index is 993. The van der Waals surface area contributed by atoms with Gasteiger partial charge in [-0.15, -0.1) is 11.8 Å². The van der Waals surface area contributed by atoms with Crippen molar-refractivity contribution in [1.82, 2.24) is 9.88 Å². The van der Waals surface area contributed by atoms with Gasteiger partial charge in [-0.25, -0.2) is 9.37 Å². The number of nitrogens with zero attached hydrogens (tertiary/aromatic N) is 3. The second-order valence-electron chi connectivity index (χ2n) is 7.88. The first kappa shape index (κ1) is 24.7. The summed E-state index contributed by atoms with van der Waals surface area (Å²) in [6, 6.07) is 10.8. The fourth-order valence-corrected chi connectivity index (χ4v) is 5.41. The number of aromatic nitrogens is 1. The third-order valence-electron chi connectivity index (χ3n) is 5.68. The van der Waals surface area contributed by atoms with Crippen LogP contribution in [0.4, 0.5) is 9.52 Å². The highest BCUT2D eigenvalue weighted by Gasteiger charge is 2.20. The molecule has 4 nitrogen and oxygen atoms in total. The number of carbonyl (C=O) groups excluding carboxylic acids is 1. The van der Waals surface area contributed by atoms with Crippen LogP contribution >= 0.6 is 23.1 Å². The Morgan fingerprint density at radius 2 is 1.75 bits per heavy atom. The highest BCUT2D eigenvalue weighted by molar-refractivity contribution is 7.99. The number of hydrogen-bond acceptors (Lipinski definition) is 5. The van der Waals surface area contributed by atoms with Gasteiger partial charge in [0, 0.05) is 24.4 Å². The van der Waals surface area contributed by atoms with Gasteiger partial charge in [0.05, 0.1) is 10.2 Å². The van der Waals surface area contributed by atoms with E-state index in [4.69, 9.17) is 4.98 Å². The van der Waals surface area contributed by atoms with E-state index >= 15 is 0 Å². The number of thiazole rings is 1. The maximum atomic E-state index is 13.2. The van der Waals surface area contributed by atoms with E-state index in [9.17, 15) is 9.18 Å². The summed E-state index contributed by atoms with van der Waals surface area (Å²) in [4.78, 5) is 23.2. The summed E-state index contributed by atoms with van der Waals surface area (Å²) in [5.74, 6) is 0.707. The summed E-state index contributed by atoms with van der Waals surface area (Å²) >= 11 is 3.25. The zero-order valence-corrected chi connectivity index (χ0v) is 21.0. The normalized spacial score (nSPS) is 11.4. The Labute approximate surface area is 198 Å². The summed E-state index contributed by atoms with van der Waals surface area (Å²) in [7, 11) is 0. The molecule has 0 atom stereocenters. The number of halogens is 1. The first-order valence-corrected chi connectivity index (χ1v) is 13.0. The van der Waals surface area contributed by atoms with E-state index < -0.39 is 0 Å². The lowest BCUT2D eigenvalue weighted by atomic mass is 10.1. The summed E-state index contributed by atoms with van der Waals surface area (Å²) in [5.41, 5.74) is 3.42. The third kappa shape index (κ3) is 6.53. The van der Waals surface area contributed by atoms with Crippen LogP contribution in [0, 0.1) is 19.7 Å². The Morgan fingerprint density at radius 3 is 2.44 bits per heavy atom. The lowest BCUT2D eigenvalue weighted by molar-refractivity contribution is -0.118. The minimum Gasteiger partial charge on any atom is -0.302 e. The number of rotatable bonds is 11. The molecule has 3 rings (SSSR count). The topological polar surface area (TPSA) is 36.4 Å². The molecule has 0 spiro atoms. The zero-order chi connectivity index (χ0) is 23.1. The number of likely N-dealkylation sites (N-methyl/N-ethyl adjacent to an activating group) is 1. The van der Waals surface area contributed by atoms with E-state index in [0.29, 0.717) is 13.0 Å². The fourth-order valence-electron chi connectivity index (χ4n) is 3.47. The molecule has 0 saturated carbocycles. The molecule has 1 amide bonds. The van der Waals surface area contributed by atoms with Gasteiger partial charge >= 0.3 is 0 Å². The van der Waals surface area contributed by atoms with E-state index in [2.05, 4.69) is 44.7 Å². The van der Waals surface area contributed by atoms with Crippen LogP contribution in [0.3, 0.4) is 0 Å². The van der Waals surface area contributed by atoms with Gasteiger partial charge in [0.15, 0.2) is 5.13 Å². The van der Waals surface area contributed by atoms with Gasteiger partial charge in [0.25, 0.3) is 0 Å². The molecule has 1 heterocycles. The van der Waals surface area contributed by atoms with Crippen LogP contribution in [0.2, 0.25) is 0 Å². The molecule has 0 fully saturated rings. The maximum absolute atomic E-state index is 13.2. The number of hydrogen-bond donors (Lipinski definition) is 0. The summed E-state index contributed by atoms with van der Waals surface area (Å²) in [5, 5.41) is 0.786. The van der Waals surface area contributed by atoms with Crippen LogP contribution in [0.15, 0.2) is 41.3 Å². The lowest BCUT2D eigenvalue weighted by Gasteiger charge is -2.24. The fraction of sp³-hybridized carbons (Fsp3) is 0.440. The summed E-state index contributed by atoms with van der Waals surface area (Å²) < 4.78 is 14.2. The van der Waals surface area contributed by atoms with Crippen molar-refractivity contribution in [1.29, 1.82) is 0 Å². The number of benzene rings is 2. The van der Waals surface area contributed by atoms with Crippen molar-refractivity contribution in [3.8, 4) is 0 Å². The molecular weight excluding hydrogens is 441 g/mol. The SMILES string of the molecule is CCN(CC)CCN(C(=O)CCCSc1ccc(F)cc1)c1nc2cc(C)c(C)cc2s1. The van der Waals surface area contributed by atoms with Crippen LogP contribution in [0.5, 0.6) is 0 Å². The molecule has 0 N–H and O–H groups in total. The number of fused-ring (bicyclic) bond motifs is 1. The smallest absolute Gasteiger partial charge is 0.228 e. The van der Waals surface area contributed by atoms with Crippen LogP contribution < -0.4 is 4.90 Å². The highest BCUT2D eigenvalue weighted by Crippen LogP contribution is 2.31. The van der Waals surface area contributed by atoms with E-state index in [1.165, 1.54) is 23.3 Å². The molecule has 0 unspecified atom stereocenters. The molecule has 0 aliphatic carbocycles. The second kappa shape index (κ2) is 11.8. The molecular formula is C25H32FN3OS2. The number of anilines is 1. The van der Waals surface area contributed by atoms with Crippen LogP contribution in [-0.4, -0.2) is 47.7 Å². The molecule has 32 heavy (non-hydrogen) atoms. The van der Waals surface area contributed by atoms with Crippen LogP contribution in [-0.2, 0) is 4.79 Å².